The number of methoxy groups -OCH3 is 1. The molecule has 0 spiro atoms. The van der Waals surface area contributed by atoms with Crippen molar-refractivity contribution in [3.8, 4) is 0 Å². The van der Waals surface area contributed by atoms with E-state index in [1.54, 1.807) is 36.5 Å². The second-order valence-corrected chi connectivity index (χ2v) is 9.46. The number of pyridine rings is 1. The van der Waals surface area contributed by atoms with Crippen molar-refractivity contribution in [1.82, 2.24) is 4.98 Å². The molecule has 1 N–H and O–H groups in total. The lowest BCUT2D eigenvalue weighted by Gasteiger charge is -2.31. The summed E-state index contributed by atoms with van der Waals surface area (Å²) in [7, 11) is 2.97. The summed E-state index contributed by atoms with van der Waals surface area (Å²) in [6.45, 7) is 2.42. The molecule has 0 radical (unpaired) electrons. The number of nitrogens with one attached hydrogen (secondary N) is 1. The van der Waals surface area contributed by atoms with E-state index in [2.05, 4.69) is 15.2 Å². The van der Waals surface area contributed by atoms with Gasteiger partial charge in [-0.2, -0.15) is 0 Å². The Morgan fingerprint density at radius 1 is 1.19 bits per heavy atom. The number of nitrogens with zero attached hydrogens (tertiary/aromatic N) is 2. The maximum absolute atomic E-state index is 12.3. The minimum Gasteiger partial charge on any atom is -0.465 e. The van der Waals surface area contributed by atoms with Crippen LogP contribution >= 0.6 is 10.7 Å². The van der Waals surface area contributed by atoms with E-state index < -0.39 is 15.0 Å². The van der Waals surface area contributed by atoms with Crippen LogP contribution < -0.4 is 10.2 Å². The van der Waals surface area contributed by atoms with Crippen LogP contribution in [0.3, 0.4) is 0 Å². The summed E-state index contributed by atoms with van der Waals surface area (Å²) in [4.78, 5) is 18.8. The predicted octanol–water partition coefficient (Wildman–Crippen LogP) is 3.53. The molecule has 0 atom stereocenters. The Morgan fingerprint density at radius 3 is 2.65 bits per heavy atom. The Bertz CT molecular complexity index is 1240. The minimum atomic E-state index is -3.94. The number of aromatic nitrogens is 1. The Hall–Kier alpha value is -2.88. The number of para-hydroxylation sites is 1. The first-order chi connectivity index (χ1) is 14.9. The molecule has 162 valence electrons. The van der Waals surface area contributed by atoms with Crippen molar-refractivity contribution in [3.05, 3.63) is 54.2 Å². The summed E-state index contributed by atoms with van der Waals surface area (Å²) in [5.41, 5.74) is 2.84. The molecule has 10 heteroatoms. The quantitative estimate of drug-likeness (QED) is 0.455. The van der Waals surface area contributed by atoms with E-state index in [0.29, 0.717) is 54.1 Å². The van der Waals surface area contributed by atoms with Gasteiger partial charge in [0.2, 0.25) is 0 Å². The smallest absolute Gasteiger partial charge is 0.339 e. The molecular weight excluding hydrogens is 442 g/mol. The topological polar surface area (TPSA) is 97.8 Å². The molecule has 4 rings (SSSR count). The van der Waals surface area contributed by atoms with Gasteiger partial charge < -0.3 is 19.7 Å². The van der Waals surface area contributed by atoms with E-state index in [0.717, 1.165) is 5.69 Å². The third-order valence-corrected chi connectivity index (χ3v) is 6.40. The van der Waals surface area contributed by atoms with Gasteiger partial charge in [-0.15, -0.1) is 0 Å². The highest BCUT2D eigenvalue weighted by Gasteiger charge is 2.21. The predicted molar refractivity (Wildman–Crippen MR) is 119 cm³/mol. The number of hydrogen-bond donors (Lipinski definition) is 1. The summed E-state index contributed by atoms with van der Waals surface area (Å²) in [6.07, 6.45) is 1.73. The molecule has 0 unspecified atom stereocenters. The molecule has 1 aromatic heterocycles. The Balaban J connectivity index is 1.93. The third kappa shape index (κ3) is 4.43. The van der Waals surface area contributed by atoms with Crippen LogP contribution in [0.5, 0.6) is 0 Å². The summed E-state index contributed by atoms with van der Waals surface area (Å²) >= 11 is 0. The number of carbonyl (C=O) groups is 1. The number of carbonyl (C=O) groups excluding carboxylic acids is 1. The fourth-order valence-electron chi connectivity index (χ4n) is 3.50. The highest BCUT2D eigenvalue weighted by atomic mass is 35.7. The van der Waals surface area contributed by atoms with Crippen LogP contribution in [-0.2, 0) is 18.5 Å². The van der Waals surface area contributed by atoms with Gasteiger partial charge in [-0.1, -0.05) is 12.1 Å². The SMILES string of the molecule is COC(=O)c1ccccc1Nc1c(N2CCOCC2)cnc2ccc(S(=O)(=O)Cl)cc12. The van der Waals surface area contributed by atoms with Crippen LogP contribution in [0, 0.1) is 0 Å². The van der Waals surface area contributed by atoms with Crippen LogP contribution in [-0.4, -0.2) is 52.8 Å². The van der Waals surface area contributed by atoms with Gasteiger partial charge in [0, 0.05) is 29.2 Å². The number of benzene rings is 2. The first kappa shape index (κ1) is 21.4. The zero-order chi connectivity index (χ0) is 22.0. The van der Waals surface area contributed by atoms with Crippen molar-refractivity contribution in [2.24, 2.45) is 0 Å². The van der Waals surface area contributed by atoms with Gasteiger partial charge in [-0.05, 0) is 30.3 Å². The van der Waals surface area contributed by atoms with Gasteiger partial charge in [-0.3, -0.25) is 4.98 Å². The third-order valence-electron chi connectivity index (χ3n) is 5.04. The Labute approximate surface area is 184 Å². The van der Waals surface area contributed by atoms with Crippen LogP contribution in [0.1, 0.15) is 10.4 Å². The fraction of sp³-hybridized carbons (Fsp3) is 0.238. The monoisotopic (exact) mass is 461 g/mol. The van der Waals surface area contributed by atoms with E-state index in [4.69, 9.17) is 20.2 Å². The number of ether oxygens (including phenoxy) is 2. The molecular formula is C21H20ClN3O5S. The Morgan fingerprint density at radius 2 is 1.94 bits per heavy atom. The van der Waals surface area contributed by atoms with Crippen LogP contribution in [0.4, 0.5) is 17.1 Å². The van der Waals surface area contributed by atoms with E-state index in [1.165, 1.54) is 19.2 Å². The largest absolute Gasteiger partial charge is 0.465 e. The number of hydrogen-bond acceptors (Lipinski definition) is 8. The minimum absolute atomic E-state index is 0.0353. The lowest BCUT2D eigenvalue weighted by atomic mass is 10.1. The highest BCUT2D eigenvalue weighted by molar-refractivity contribution is 8.13. The summed E-state index contributed by atoms with van der Waals surface area (Å²) in [5, 5.41) is 3.87. The molecule has 2 aromatic carbocycles. The number of halogens is 1. The molecule has 8 nitrogen and oxygen atoms in total. The molecule has 1 aliphatic heterocycles. The molecule has 1 saturated heterocycles. The summed E-state index contributed by atoms with van der Waals surface area (Å²) in [5.74, 6) is -0.488. The van der Waals surface area contributed by atoms with Gasteiger partial charge in [-0.25, -0.2) is 13.2 Å². The lowest BCUT2D eigenvalue weighted by molar-refractivity contribution is 0.0602. The highest BCUT2D eigenvalue weighted by Crippen LogP contribution is 2.37. The van der Waals surface area contributed by atoms with Crippen LogP contribution in [0.15, 0.2) is 53.6 Å². The number of esters is 1. The molecule has 31 heavy (non-hydrogen) atoms. The number of anilines is 3. The molecule has 2 heterocycles. The van der Waals surface area contributed by atoms with Crippen molar-refractivity contribution < 1.29 is 22.7 Å². The van der Waals surface area contributed by atoms with Crippen molar-refractivity contribution in [1.29, 1.82) is 0 Å². The first-order valence-electron chi connectivity index (χ1n) is 9.53. The van der Waals surface area contributed by atoms with Crippen molar-refractivity contribution >= 4 is 53.7 Å². The molecule has 1 fully saturated rings. The van der Waals surface area contributed by atoms with Crippen molar-refractivity contribution in [3.63, 3.8) is 0 Å². The zero-order valence-electron chi connectivity index (χ0n) is 16.7. The van der Waals surface area contributed by atoms with Gasteiger partial charge in [0.05, 0.1) is 59.6 Å². The second kappa shape index (κ2) is 8.70. The van der Waals surface area contributed by atoms with Crippen LogP contribution in [0.25, 0.3) is 10.9 Å². The van der Waals surface area contributed by atoms with Gasteiger partial charge in [0.15, 0.2) is 0 Å². The maximum Gasteiger partial charge on any atom is 0.339 e. The van der Waals surface area contributed by atoms with Crippen LogP contribution in [0.2, 0.25) is 0 Å². The number of rotatable bonds is 5. The van der Waals surface area contributed by atoms with E-state index in [9.17, 15) is 13.2 Å². The van der Waals surface area contributed by atoms with E-state index in [1.807, 2.05) is 0 Å². The van der Waals surface area contributed by atoms with Gasteiger partial charge in [0.25, 0.3) is 9.05 Å². The average molecular weight is 462 g/mol. The van der Waals surface area contributed by atoms with E-state index >= 15 is 0 Å². The molecule has 0 aliphatic carbocycles. The van der Waals surface area contributed by atoms with Gasteiger partial charge >= 0.3 is 5.97 Å². The first-order valence-corrected chi connectivity index (χ1v) is 11.8. The summed E-state index contributed by atoms with van der Waals surface area (Å²) < 4.78 is 34.3. The lowest BCUT2D eigenvalue weighted by Crippen LogP contribution is -2.36. The zero-order valence-corrected chi connectivity index (χ0v) is 18.2. The molecule has 0 bridgehead atoms. The average Bonchev–Trinajstić information content (AvgIpc) is 2.78. The summed E-state index contributed by atoms with van der Waals surface area (Å²) in [6, 6.07) is 11.4. The molecule has 0 saturated carbocycles. The standard InChI is InChI=1S/C21H20ClN3O5S/c1-29-21(26)15-4-2-3-5-18(15)24-20-16-12-14(31(22,27)28)6-7-17(16)23-13-19(20)25-8-10-30-11-9-25/h2-7,12-13H,8-11H2,1H3,(H,23,24). The normalized spacial score (nSPS) is 14.5. The number of fused-ring (bicyclic) bond motifs is 1. The van der Waals surface area contributed by atoms with Crippen molar-refractivity contribution in [2.45, 2.75) is 4.90 Å². The van der Waals surface area contributed by atoms with Crippen molar-refractivity contribution in [2.75, 3.05) is 43.6 Å². The maximum atomic E-state index is 12.3. The molecule has 0 amide bonds. The molecule has 3 aromatic rings. The fourth-order valence-corrected chi connectivity index (χ4v) is 4.28. The second-order valence-electron chi connectivity index (χ2n) is 6.90. The molecule has 1 aliphatic rings. The Kier molecular flexibility index (Phi) is 5.99. The van der Waals surface area contributed by atoms with Gasteiger partial charge in [0.1, 0.15) is 0 Å². The number of morpholine rings is 1. The van der Waals surface area contributed by atoms with E-state index in [-0.39, 0.29) is 4.90 Å².